The van der Waals surface area contributed by atoms with Crippen LogP contribution in [0, 0.1) is 0 Å². The van der Waals surface area contributed by atoms with Gasteiger partial charge in [-0.1, -0.05) is 23.2 Å². The van der Waals surface area contributed by atoms with Crippen LogP contribution in [0.1, 0.15) is 25.0 Å². The van der Waals surface area contributed by atoms with Crippen LogP contribution in [0.15, 0.2) is 23.2 Å². The van der Waals surface area contributed by atoms with Gasteiger partial charge in [0.15, 0.2) is 5.96 Å². The van der Waals surface area contributed by atoms with E-state index in [9.17, 15) is 5.11 Å². The van der Waals surface area contributed by atoms with Crippen LogP contribution in [0.2, 0.25) is 10.0 Å². The summed E-state index contributed by atoms with van der Waals surface area (Å²) in [7, 11) is 1.65. The Kier molecular flexibility index (Phi) is 11.6. The van der Waals surface area contributed by atoms with Crippen molar-refractivity contribution in [2.24, 2.45) is 4.99 Å². The number of nitrogens with one attached hydrogen (secondary N) is 2. The van der Waals surface area contributed by atoms with Crippen molar-refractivity contribution in [1.29, 1.82) is 0 Å². The number of aliphatic hydroxyl groups excluding tert-OH is 1. The molecule has 0 aliphatic heterocycles. The van der Waals surface area contributed by atoms with Crippen LogP contribution >= 0.6 is 23.2 Å². The van der Waals surface area contributed by atoms with Crippen molar-refractivity contribution in [2.75, 3.05) is 46.6 Å². The fourth-order valence-electron chi connectivity index (χ4n) is 2.02. The van der Waals surface area contributed by atoms with Crippen molar-refractivity contribution in [1.82, 2.24) is 10.6 Å². The van der Waals surface area contributed by atoms with Gasteiger partial charge in [0.2, 0.25) is 0 Å². The molecular formula is C17H27Cl2N3O3. The Hall–Kier alpha value is -1.05. The molecule has 0 aromatic heterocycles. The molecule has 1 aromatic carbocycles. The van der Waals surface area contributed by atoms with Gasteiger partial charge < -0.3 is 25.2 Å². The first-order chi connectivity index (χ1) is 12.1. The molecule has 1 rings (SSSR count). The van der Waals surface area contributed by atoms with Gasteiger partial charge in [0, 0.05) is 36.9 Å². The smallest absolute Gasteiger partial charge is 0.191 e. The summed E-state index contributed by atoms with van der Waals surface area (Å²) in [5.41, 5.74) is 0.642. The number of hydrogen-bond donors (Lipinski definition) is 3. The standard InChI is InChI=1S/C17H27Cl2N3O3/c1-3-20-17(21-5-4-6-25-8-7-24-2)22-12-16(23)13-9-14(18)11-15(19)10-13/h9-11,16,23H,3-8,12H2,1-2H3,(H2,20,21,22). The second-order valence-corrected chi connectivity index (χ2v) is 6.20. The van der Waals surface area contributed by atoms with Crippen LogP contribution in [-0.4, -0.2) is 57.6 Å². The van der Waals surface area contributed by atoms with Gasteiger partial charge in [-0.15, -0.1) is 0 Å². The molecule has 8 heteroatoms. The average Bonchev–Trinajstić information content (AvgIpc) is 2.57. The van der Waals surface area contributed by atoms with Crippen LogP contribution in [-0.2, 0) is 9.47 Å². The summed E-state index contributed by atoms with van der Waals surface area (Å²) < 4.78 is 10.3. The van der Waals surface area contributed by atoms with Gasteiger partial charge in [0.05, 0.1) is 25.9 Å². The van der Waals surface area contributed by atoms with Gasteiger partial charge in [-0.3, -0.25) is 4.99 Å². The highest BCUT2D eigenvalue weighted by Gasteiger charge is 2.09. The molecular weight excluding hydrogens is 365 g/mol. The van der Waals surface area contributed by atoms with Crippen LogP contribution < -0.4 is 10.6 Å². The SMILES string of the molecule is CCNC(=NCC(O)c1cc(Cl)cc(Cl)c1)NCCCOCCOC. The zero-order valence-electron chi connectivity index (χ0n) is 14.7. The first-order valence-corrected chi connectivity index (χ1v) is 9.05. The van der Waals surface area contributed by atoms with E-state index in [0.29, 0.717) is 41.4 Å². The summed E-state index contributed by atoms with van der Waals surface area (Å²) in [6, 6.07) is 5.00. The van der Waals surface area contributed by atoms with Crippen LogP contribution in [0.25, 0.3) is 0 Å². The third kappa shape index (κ3) is 9.87. The molecule has 0 radical (unpaired) electrons. The molecule has 3 N–H and O–H groups in total. The molecule has 0 saturated heterocycles. The molecule has 0 fully saturated rings. The molecule has 0 amide bonds. The third-order valence-corrected chi connectivity index (χ3v) is 3.66. The number of benzene rings is 1. The maximum absolute atomic E-state index is 10.3. The van der Waals surface area contributed by atoms with E-state index in [1.807, 2.05) is 6.92 Å². The van der Waals surface area contributed by atoms with Crippen molar-refractivity contribution in [3.05, 3.63) is 33.8 Å². The van der Waals surface area contributed by atoms with E-state index in [2.05, 4.69) is 15.6 Å². The van der Waals surface area contributed by atoms with Crippen molar-refractivity contribution < 1.29 is 14.6 Å². The van der Waals surface area contributed by atoms with E-state index in [0.717, 1.165) is 19.5 Å². The molecule has 25 heavy (non-hydrogen) atoms. The summed E-state index contributed by atoms with van der Waals surface area (Å²) in [5, 5.41) is 17.6. The maximum Gasteiger partial charge on any atom is 0.191 e. The predicted octanol–water partition coefficient (Wildman–Crippen LogP) is 2.64. The first-order valence-electron chi connectivity index (χ1n) is 8.29. The summed E-state index contributed by atoms with van der Waals surface area (Å²) >= 11 is 11.9. The van der Waals surface area contributed by atoms with Gasteiger partial charge in [0.1, 0.15) is 0 Å². The molecule has 1 aromatic rings. The minimum Gasteiger partial charge on any atom is -0.386 e. The minimum atomic E-state index is -0.774. The second kappa shape index (κ2) is 13.2. The normalized spacial score (nSPS) is 12.9. The highest BCUT2D eigenvalue weighted by molar-refractivity contribution is 6.34. The number of hydrogen-bond acceptors (Lipinski definition) is 4. The van der Waals surface area contributed by atoms with Gasteiger partial charge in [-0.2, -0.15) is 0 Å². The predicted molar refractivity (Wildman–Crippen MR) is 103 cm³/mol. The van der Waals surface area contributed by atoms with E-state index in [1.54, 1.807) is 25.3 Å². The molecule has 1 atom stereocenters. The van der Waals surface area contributed by atoms with E-state index in [1.165, 1.54) is 0 Å². The molecule has 0 spiro atoms. The monoisotopic (exact) mass is 391 g/mol. The number of nitrogens with zero attached hydrogens (tertiary/aromatic N) is 1. The van der Waals surface area contributed by atoms with Crippen LogP contribution in [0.3, 0.4) is 0 Å². The average molecular weight is 392 g/mol. The second-order valence-electron chi connectivity index (χ2n) is 5.32. The number of ether oxygens (including phenoxy) is 2. The molecule has 1 unspecified atom stereocenters. The van der Waals surface area contributed by atoms with E-state index in [4.69, 9.17) is 32.7 Å². The van der Waals surface area contributed by atoms with E-state index in [-0.39, 0.29) is 6.54 Å². The van der Waals surface area contributed by atoms with Crippen molar-refractivity contribution in [2.45, 2.75) is 19.4 Å². The van der Waals surface area contributed by atoms with E-state index >= 15 is 0 Å². The quantitative estimate of drug-likeness (QED) is 0.307. The first kappa shape index (κ1) is 22.0. The third-order valence-electron chi connectivity index (χ3n) is 3.23. The Balaban J connectivity index is 2.43. The Morgan fingerprint density at radius 2 is 1.88 bits per heavy atom. The Bertz CT molecular complexity index is 510. The summed E-state index contributed by atoms with van der Waals surface area (Å²) in [6.45, 7) is 5.49. The highest BCUT2D eigenvalue weighted by atomic mass is 35.5. The lowest BCUT2D eigenvalue weighted by molar-refractivity contribution is 0.0698. The van der Waals surface area contributed by atoms with Gasteiger partial charge >= 0.3 is 0 Å². The number of rotatable bonds is 11. The molecule has 0 saturated carbocycles. The lowest BCUT2D eigenvalue weighted by Crippen LogP contribution is -2.38. The summed E-state index contributed by atoms with van der Waals surface area (Å²) in [5.74, 6) is 0.645. The fraction of sp³-hybridized carbons (Fsp3) is 0.588. The molecule has 6 nitrogen and oxygen atoms in total. The Morgan fingerprint density at radius 1 is 1.16 bits per heavy atom. The number of aliphatic hydroxyl groups is 1. The van der Waals surface area contributed by atoms with Crippen LogP contribution in [0.4, 0.5) is 0 Å². The minimum absolute atomic E-state index is 0.205. The number of guanidine groups is 1. The highest BCUT2D eigenvalue weighted by Crippen LogP contribution is 2.23. The molecule has 0 aliphatic rings. The number of methoxy groups -OCH3 is 1. The van der Waals surface area contributed by atoms with Gasteiger partial charge in [0.25, 0.3) is 0 Å². The van der Waals surface area contributed by atoms with Gasteiger partial charge in [-0.05, 0) is 37.1 Å². The molecule has 0 heterocycles. The van der Waals surface area contributed by atoms with Crippen molar-refractivity contribution in [3.63, 3.8) is 0 Å². The van der Waals surface area contributed by atoms with Gasteiger partial charge in [-0.25, -0.2) is 0 Å². The lowest BCUT2D eigenvalue weighted by atomic mass is 10.1. The van der Waals surface area contributed by atoms with Crippen molar-refractivity contribution in [3.8, 4) is 0 Å². The van der Waals surface area contributed by atoms with Crippen molar-refractivity contribution >= 4 is 29.2 Å². The maximum atomic E-state index is 10.3. The molecule has 0 bridgehead atoms. The Labute approximate surface area is 159 Å². The van der Waals surface area contributed by atoms with Crippen LogP contribution in [0.5, 0.6) is 0 Å². The largest absolute Gasteiger partial charge is 0.386 e. The summed E-state index contributed by atoms with van der Waals surface area (Å²) in [6.07, 6.45) is 0.0738. The zero-order valence-corrected chi connectivity index (χ0v) is 16.2. The fourth-order valence-corrected chi connectivity index (χ4v) is 2.56. The summed E-state index contributed by atoms with van der Waals surface area (Å²) in [4.78, 5) is 4.39. The molecule has 0 aliphatic carbocycles. The Morgan fingerprint density at radius 3 is 2.52 bits per heavy atom. The zero-order chi connectivity index (χ0) is 18.5. The topological polar surface area (TPSA) is 75.1 Å². The van der Waals surface area contributed by atoms with E-state index < -0.39 is 6.10 Å². The molecule has 142 valence electrons. The lowest BCUT2D eigenvalue weighted by Gasteiger charge is -2.14. The number of aliphatic imine (C=N–C) groups is 1. The number of halogens is 2.